The molecule has 0 saturated heterocycles. The normalized spacial score (nSPS) is 10.2. The van der Waals surface area contributed by atoms with Crippen molar-refractivity contribution in [2.24, 2.45) is 5.73 Å². The molecule has 1 rings (SSSR count). The summed E-state index contributed by atoms with van der Waals surface area (Å²) in [5.74, 6) is 0. The molecule has 0 radical (unpaired) electrons. The van der Waals surface area contributed by atoms with Crippen LogP contribution in [-0.4, -0.2) is 13.7 Å². The van der Waals surface area contributed by atoms with Crippen LogP contribution in [0.15, 0.2) is 12.1 Å². The predicted octanol–water partition coefficient (Wildman–Crippen LogP) is 1.96. The molecular weight excluding hydrogens is 160 g/mol. The number of benzene rings is 1. The van der Waals surface area contributed by atoms with Crippen LogP contribution in [0.5, 0.6) is 0 Å². The highest BCUT2D eigenvalue weighted by Gasteiger charge is 2.04. The van der Waals surface area contributed by atoms with Crippen LogP contribution in [-0.2, 0) is 0 Å². The molecule has 0 aliphatic heterocycles. The van der Waals surface area contributed by atoms with Gasteiger partial charge in [-0.25, -0.2) is 0 Å². The molecule has 2 N–H and O–H groups in total. The first-order chi connectivity index (χ1) is 6.06. The fourth-order valence-corrected chi connectivity index (χ4v) is 1.45. The largest absolute Gasteiger partial charge is 0.362 e. The van der Waals surface area contributed by atoms with E-state index in [1.54, 1.807) is 0 Å². The van der Waals surface area contributed by atoms with Gasteiger partial charge in [-0.1, -0.05) is 6.07 Å². The van der Waals surface area contributed by atoms with E-state index in [0.717, 1.165) is 0 Å². The minimum absolute atomic E-state index is 0.559. The number of aryl methyl sites for hydroxylation is 3. The third-order valence-corrected chi connectivity index (χ3v) is 2.50. The van der Waals surface area contributed by atoms with Gasteiger partial charge in [-0.3, -0.25) is 0 Å². The van der Waals surface area contributed by atoms with Gasteiger partial charge in [0, 0.05) is 12.7 Å². The molecule has 0 unspecified atom stereocenters. The first-order valence-corrected chi connectivity index (χ1v) is 4.55. The smallest absolute Gasteiger partial charge is 0.0653 e. The van der Waals surface area contributed by atoms with Gasteiger partial charge in [0.25, 0.3) is 0 Å². The molecule has 0 heterocycles. The minimum atomic E-state index is 0.559. The molecule has 0 aliphatic carbocycles. The van der Waals surface area contributed by atoms with Crippen LogP contribution in [0.4, 0.5) is 5.69 Å². The second-order valence-corrected chi connectivity index (χ2v) is 3.60. The summed E-state index contributed by atoms with van der Waals surface area (Å²) < 4.78 is 0. The Kier molecular flexibility index (Phi) is 2.94. The molecule has 0 saturated carbocycles. The van der Waals surface area contributed by atoms with E-state index in [-0.39, 0.29) is 0 Å². The molecule has 0 aliphatic rings. The summed E-state index contributed by atoms with van der Waals surface area (Å²) in [6, 6.07) is 4.40. The van der Waals surface area contributed by atoms with E-state index in [4.69, 9.17) is 5.73 Å². The Bertz CT molecular complexity index is 305. The van der Waals surface area contributed by atoms with Gasteiger partial charge in [-0.15, -0.1) is 0 Å². The van der Waals surface area contributed by atoms with Crippen molar-refractivity contribution in [3.8, 4) is 0 Å². The molecule has 0 atom stereocenters. The van der Waals surface area contributed by atoms with Crippen molar-refractivity contribution in [2.75, 3.05) is 18.6 Å². The highest BCUT2D eigenvalue weighted by atomic mass is 15.1. The standard InChI is InChI=1S/C11H18N2/c1-8-5-10(3)11(6-9(8)2)13(4)7-12/h5-6H,7,12H2,1-4H3. The Morgan fingerprint density at radius 1 is 1.08 bits per heavy atom. The van der Waals surface area contributed by atoms with Crippen molar-refractivity contribution in [3.63, 3.8) is 0 Å². The second kappa shape index (κ2) is 3.79. The van der Waals surface area contributed by atoms with Crippen LogP contribution in [0.3, 0.4) is 0 Å². The Balaban J connectivity index is 3.15. The summed E-state index contributed by atoms with van der Waals surface area (Å²) >= 11 is 0. The van der Waals surface area contributed by atoms with Crippen molar-refractivity contribution in [1.29, 1.82) is 0 Å². The number of nitrogens with two attached hydrogens (primary N) is 1. The maximum absolute atomic E-state index is 5.59. The van der Waals surface area contributed by atoms with Crippen LogP contribution < -0.4 is 10.6 Å². The molecular formula is C11H18N2. The number of nitrogens with zero attached hydrogens (tertiary/aromatic N) is 1. The SMILES string of the molecule is Cc1cc(C)c(N(C)CN)cc1C. The van der Waals surface area contributed by atoms with Crippen LogP contribution in [0.25, 0.3) is 0 Å². The number of hydrogen-bond acceptors (Lipinski definition) is 2. The highest BCUT2D eigenvalue weighted by Crippen LogP contribution is 2.22. The quantitative estimate of drug-likeness (QED) is 0.701. The van der Waals surface area contributed by atoms with E-state index in [0.29, 0.717) is 6.67 Å². The topological polar surface area (TPSA) is 29.3 Å². The van der Waals surface area contributed by atoms with E-state index in [9.17, 15) is 0 Å². The third-order valence-electron chi connectivity index (χ3n) is 2.50. The van der Waals surface area contributed by atoms with Gasteiger partial charge in [0.2, 0.25) is 0 Å². The fourth-order valence-electron chi connectivity index (χ4n) is 1.45. The molecule has 0 aromatic heterocycles. The summed E-state index contributed by atoms with van der Waals surface area (Å²) in [4.78, 5) is 2.06. The van der Waals surface area contributed by atoms with E-state index in [1.807, 2.05) is 7.05 Å². The van der Waals surface area contributed by atoms with Gasteiger partial charge < -0.3 is 10.6 Å². The van der Waals surface area contributed by atoms with Gasteiger partial charge in [0.15, 0.2) is 0 Å². The maximum Gasteiger partial charge on any atom is 0.0653 e. The molecule has 2 heteroatoms. The molecule has 13 heavy (non-hydrogen) atoms. The lowest BCUT2D eigenvalue weighted by atomic mass is 10.0. The van der Waals surface area contributed by atoms with Crippen LogP contribution >= 0.6 is 0 Å². The summed E-state index contributed by atoms with van der Waals surface area (Å²) in [6.07, 6.45) is 0. The van der Waals surface area contributed by atoms with E-state index >= 15 is 0 Å². The Labute approximate surface area is 80.4 Å². The molecule has 0 fully saturated rings. The van der Waals surface area contributed by atoms with Crippen molar-refractivity contribution >= 4 is 5.69 Å². The summed E-state index contributed by atoms with van der Waals surface area (Å²) in [5.41, 5.74) is 10.8. The van der Waals surface area contributed by atoms with Gasteiger partial charge >= 0.3 is 0 Å². The lowest BCUT2D eigenvalue weighted by Crippen LogP contribution is -2.25. The van der Waals surface area contributed by atoms with Gasteiger partial charge in [-0.2, -0.15) is 0 Å². The number of anilines is 1. The average Bonchev–Trinajstić information content (AvgIpc) is 2.10. The Morgan fingerprint density at radius 2 is 1.62 bits per heavy atom. The molecule has 1 aromatic carbocycles. The van der Waals surface area contributed by atoms with Crippen molar-refractivity contribution < 1.29 is 0 Å². The van der Waals surface area contributed by atoms with Crippen LogP contribution in [0.2, 0.25) is 0 Å². The summed E-state index contributed by atoms with van der Waals surface area (Å²) in [5, 5.41) is 0. The van der Waals surface area contributed by atoms with E-state index in [2.05, 4.69) is 37.8 Å². The van der Waals surface area contributed by atoms with Crippen molar-refractivity contribution in [3.05, 3.63) is 28.8 Å². The van der Waals surface area contributed by atoms with Crippen molar-refractivity contribution in [1.82, 2.24) is 0 Å². The molecule has 0 bridgehead atoms. The van der Waals surface area contributed by atoms with Crippen LogP contribution in [0.1, 0.15) is 16.7 Å². The predicted molar refractivity (Wildman–Crippen MR) is 58.1 cm³/mol. The van der Waals surface area contributed by atoms with E-state index in [1.165, 1.54) is 22.4 Å². The highest BCUT2D eigenvalue weighted by molar-refractivity contribution is 5.56. The lowest BCUT2D eigenvalue weighted by Gasteiger charge is -2.20. The summed E-state index contributed by atoms with van der Waals surface area (Å²) in [6.45, 7) is 6.94. The minimum Gasteiger partial charge on any atom is -0.362 e. The molecule has 1 aromatic rings. The number of hydrogen-bond donors (Lipinski definition) is 1. The monoisotopic (exact) mass is 178 g/mol. The third kappa shape index (κ3) is 2.01. The first kappa shape index (κ1) is 10.1. The lowest BCUT2D eigenvalue weighted by molar-refractivity contribution is 0.925. The van der Waals surface area contributed by atoms with Gasteiger partial charge in [-0.05, 0) is 43.5 Å². The van der Waals surface area contributed by atoms with Crippen LogP contribution in [0, 0.1) is 20.8 Å². The number of rotatable bonds is 2. The second-order valence-electron chi connectivity index (χ2n) is 3.60. The van der Waals surface area contributed by atoms with E-state index < -0.39 is 0 Å². The summed E-state index contributed by atoms with van der Waals surface area (Å²) in [7, 11) is 2.01. The zero-order valence-corrected chi connectivity index (χ0v) is 8.89. The maximum atomic E-state index is 5.59. The first-order valence-electron chi connectivity index (χ1n) is 4.55. The fraction of sp³-hybridized carbons (Fsp3) is 0.455. The van der Waals surface area contributed by atoms with Gasteiger partial charge in [0.05, 0.1) is 6.67 Å². The average molecular weight is 178 g/mol. The zero-order valence-electron chi connectivity index (χ0n) is 8.89. The Hall–Kier alpha value is -1.02. The Morgan fingerprint density at radius 3 is 2.15 bits per heavy atom. The molecule has 2 nitrogen and oxygen atoms in total. The molecule has 72 valence electrons. The molecule has 0 spiro atoms. The van der Waals surface area contributed by atoms with Gasteiger partial charge in [0.1, 0.15) is 0 Å². The zero-order chi connectivity index (χ0) is 10.0. The molecule has 0 amide bonds. The van der Waals surface area contributed by atoms with Crippen molar-refractivity contribution in [2.45, 2.75) is 20.8 Å².